The molecule has 9 nitrogen and oxygen atoms in total. The summed E-state index contributed by atoms with van der Waals surface area (Å²) < 4.78 is 0.690. The molecule has 0 fully saturated rings. The number of aromatic nitrogens is 1. The van der Waals surface area contributed by atoms with Gasteiger partial charge in [0.2, 0.25) is 0 Å². The fraction of sp³-hybridized carbons (Fsp3) is 0.303. The molecule has 4 aromatic rings. The van der Waals surface area contributed by atoms with Crippen LogP contribution < -0.4 is 21.0 Å². The number of aryl methyl sites for hydroxylation is 2. The zero-order valence-corrected chi connectivity index (χ0v) is 23.7. The van der Waals surface area contributed by atoms with Crippen molar-refractivity contribution in [1.29, 1.82) is 0 Å². The third kappa shape index (κ3) is 6.07. The summed E-state index contributed by atoms with van der Waals surface area (Å²) in [5, 5.41) is 28.1. The Morgan fingerprint density at radius 1 is 0.976 bits per heavy atom. The lowest BCUT2D eigenvalue weighted by Gasteiger charge is -2.19. The van der Waals surface area contributed by atoms with Gasteiger partial charge in [-0.2, -0.15) is 0 Å². The average Bonchev–Trinajstić information content (AvgIpc) is 3.41. The Balaban J connectivity index is 1.29. The SMILES string of the molecule is CCc1cc2c(cc1CC)CC(NC[C@H](O)c1ccc(O)c3c1ccc(=O)n3OC(=O)CNC(=O)c1ccccc1)C2. The van der Waals surface area contributed by atoms with Gasteiger partial charge in [-0.15, -0.1) is 4.73 Å². The number of carbonyl (C=O) groups excluding carboxylic acids is 2. The topological polar surface area (TPSA) is 130 Å². The second-order valence-corrected chi connectivity index (χ2v) is 10.5. The first-order valence-corrected chi connectivity index (χ1v) is 14.3. The van der Waals surface area contributed by atoms with Crippen LogP contribution in [0.3, 0.4) is 0 Å². The monoisotopic (exact) mass is 569 g/mol. The van der Waals surface area contributed by atoms with Crippen molar-refractivity contribution in [3.8, 4) is 5.75 Å². The third-order valence-electron chi connectivity index (χ3n) is 7.82. The van der Waals surface area contributed by atoms with Crippen molar-refractivity contribution in [1.82, 2.24) is 15.4 Å². The fourth-order valence-corrected chi connectivity index (χ4v) is 5.66. The van der Waals surface area contributed by atoms with Gasteiger partial charge in [-0.05, 0) is 77.8 Å². The summed E-state index contributed by atoms with van der Waals surface area (Å²) in [6, 6.07) is 18.8. The molecular formula is C33H35N3O6. The molecule has 0 bridgehead atoms. The van der Waals surface area contributed by atoms with Crippen molar-refractivity contribution in [2.24, 2.45) is 0 Å². The van der Waals surface area contributed by atoms with Gasteiger partial charge in [0.15, 0.2) is 0 Å². The molecule has 1 aliphatic rings. The number of rotatable bonds is 10. The van der Waals surface area contributed by atoms with E-state index >= 15 is 0 Å². The van der Waals surface area contributed by atoms with Crippen LogP contribution in [-0.2, 0) is 30.5 Å². The van der Waals surface area contributed by atoms with Crippen LogP contribution in [0.2, 0.25) is 0 Å². The van der Waals surface area contributed by atoms with Crippen molar-refractivity contribution in [3.05, 3.63) is 110 Å². The first kappa shape index (κ1) is 29.0. The number of fused-ring (bicyclic) bond motifs is 2. The van der Waals surface area contributed by atoms with E-state index in [2.05, 4.69) is 36.6 Å². The van der Waals surface area contributed by atoms with Crippen molar-refractivity contribution >= 4 is 22.8 Å². The minimum atomic E-state index is -0.957. The lowest BCUT2D eigenvalue weighted by Crippen LogP contribution is -2.38. The number of amides is 1. The predicted molar refractivity (Wildman–Crippen MR) is 160 cm³/mol. The Kier molecular flexibility index (Phi) is 8.70. The van der Waals surface area contributed by atoms with Gasteiger partial charge in [0.05, 0.1) is 6.10 Å². The van der Waals surface area contributed by atoms with E-state index in [0.29, 0.717) is 21.2 Å². The van der Waals surface area contributed by atoms with Gasteiger partial charge >= 0.3 is 5.97 Å². The van der Waals surface area contributed by atoms with Crippen LogP contribution in [0, 0.1) is 0 Å². The van der Waals surface area contributed by atoms with Gasteiger partial charge in [-0.25, -0.2) is 4.79 Å². The molecule has 0 radical (unpaired) electrons. The van der Waals surface area contributed by atoms with Crippen molar-refractivity contribution < 1.29 is 24.6 Å². The number of phenols is 1. The zero-order chi connectivity index (χ0) is 29.8. The number of aromatic hydroxyl groups is 1. The number of hydrogen-bond acceptors (Lipinski definition) is 7. The number of pyridine rings is 1. The second kappa shape index (κ2) is 12.6. The Morgan fingerprint density at radius 3 is 2.29 bits per heavy atom. The number of phenolic OH excluding ortho intramolecular Hbond substituents is 1. The van der Waals surface area contributed by atoms with E-state index in [1.165, 1.54) is 40.5 Å². The van der Waals surface area contributed by atoms with Gasteiger partial charge in [-0.1, -0.05) is 50.2 Å². The maximum absolute atomic E-state index is 12.7. The van der Waals surface area contributed by atoms with E-state index in [0.717, 1.165) is 25.7 Å². The maximum Gasteiger partial charge on any atom is 0.352 e. The molecule has 0 spiro atoms. The van der Waals surface area contributed by atoms with Crippen LogP contribution in [0.1, 0.15) is 58.1 Å². The van der Waals surface area contributed by atoms with Gasteiger partial charge < -0.3 is 25.7 Å². The highest BCUT2D eigenvalue weighted by molar-refractivity contribution is 5.96. The molecule has 3 aromatic carbocycles. The molecule has 9 heteroatoms. The Bertz CT molecular complexity index is 1650. The lowest BCUT2D eigenvalue weighted by atomic mass is 9.97. The Hall–Kier alpha value is -4.47. The second-order valence-electron chi connectivity index (χ2n) is 10.5. The maximum atomic E-state index is 12.7. The molecule has 4 N–H and O–H groups in total. The van der Waals surface area contributed by atoms with Crippen LogP contribution in [0.25, 0.3) is 10.9 Å². The molecule has 1 amide bonds. The summed E-state index contributed by atoms with van der Waals surface area (Å²) in [4.78, 5) is 42.8. The number of carbonyl (C=O) groups is 2. The van der Waals surface area contributed by atoms with Crippen LogP contribution in [0.4, 0.5) is 0 Å². The zero-order valence-electron chi connectivity index (χ0n) is 23.7. The number of hydrogen-bond donors (Lipinski definition) is 4. The number of aliphatic hydroxyl groups is 1. The average molecular weight is 570 g/mol. The molecule has 5 rings (SSSR count). The summed E-state index contributed by atoms with van der Waals surface area (Å²) in [6.45, 7) is 4.11. The molecule has 1 atom stereocenters. The summed E-state index contributed by atoms with van der Waals surface area (Å²) in [5.74, 6) is -1.67. The van der Waals surface area contributed by atoms with Crippen molar-refractivity contribution in [2.45, 2.75) is 51.7 Å². The normalized spacial score (nSPS) is 13.6. The van der Waals surface area contributed by atoms with Gasteiger partial charge in [-0.3, -0.25) is 9.59 Å². The molecule has 1 heterocycles. The van der Waals surface area contributed by atoms with Crippen molar-refractivity contribution in [3.63, 3.8) is 0 Å². The Labute approximate surface area is 243 Å². The fourth-order valence-electron chi connectivity index (χ4n) is 5.66. The van der Waals surface area contributed by atoms with Crippen molar-refractivity contribution in [2.75, 3.05) is 13.1 Å². The number of aliphatic hydroxyl groups excluding tert-OH is 1. The first-order chi connectivity index (χ1) is 20.3. The van der Waals surface area contributed by atoms with E-state index in [9.17, 15) is 24.6 Å². The molecule has 0 saturated carbocycles. The van der Waals surface area contributed by atoms with Gasteiger partial charge in [0, 0.05) is 29.6 Å². The standard InChI is InChI=1S/C33H35N3O6/c1-3-20-14-23-16-25(17-24(23)15-21(20)4-2)34-18-29(38)26-10-12-28(37)32-27(26)11-13-30(39)36(32)42-31(40)19-35-33(41)22-8-6-5-7-9-22/h5-15,25,29,34,37-38H,3-4,16-19H2,1-2H3,(H,35,41)/t29-/m0/s1. The molecule has 1 aromatic heterocycles. The van der Waals surface area contributed by atoms with Crippen LogP contribution in [0.5, 0.6) is 5.75 Å². The minimum absolute atomic E-state index is 0.0470. The molecular weight excluding hydrogens is 534 g/mol. The lowest BCUT2D eigenvalue weighted by molar-refractivity contribution is -0.142. The van der Waals surface area contributed by atoms with Gasteiger partial charge in [0.1, 0.15) is 17.8 Å². The van der Waals surface area contributed by atoms with Crippen LogP contribution in [0.15, 0.2) is 71.5 Å². The Morgan fingerprint density at radius 2 is 1.64 bits per heavy atom. The summed E-state index contributed by atoms with van der Waals surface area (Å²) in [6.07, 6.45) is 2.81. The van der Waals surface area contributed by atoms with E-state index in [4.69, 9.17) is 4.84 Å². The van der Waals surface area contributed by atoms with E-state index in [1.807, 2.05) is 0 Å². The summed E-state index contributed by atoms with van der Waals surface area (Å²) in [7, 11) is 0. The molecule has 0 saturated heterocycles. The highest BCUT2D eigenvalue weighted by Gasteiger charge is 2.24. The summed E-state index contributed by atoms with van der Waals surface area (Å²) in [5.41, 5.74) is 5.57. The minimum Gasteiger partial charge on any atom is -0.506 e. The third-order valence-corrected chi connectivity index (χ3v) is 7.82. The van der Waals surface area contributed by atoms with Gasteiger partial charge in [0.25, 0.3) is 11.5 Å². The molecule has 0 unspecified atom stereocenters. The quantitative estimate of drug-likeness (QED) is 0.231. The van der Waals surface area contributed by atoms with E-state index in [1.54, 1.807) is 36.4 Å². The molecule has 0 aliphatic heterocycles. The number of nitrogens with zero attached hydrogens (tertiary/aromatic N) is 1. The highest BCUT2D eigenvalue weighted by atomic mass is 16.7. The largest absolute Gasteiger partial charge is 0.506 e. The molecule has 218 valence electrons. The number of nitrogens with one attached hydrogen (secondary N) is 2. The highest BCUT2D eigenvalue weighted by Crippen LogP contribution is 2.31. The number of benzene rings is 3. The molecule has 42 heavy (non-hydrogen) atoms. The van der Waals surface area contributed by atoms with Crippen LogP contribution >= 0.6 is 0 Å². The first-order valence-electron chi connectivity index (χ1n) is 14.3. The van der Waals surface area contributed by atoms with E-state index < -0.39 is 30.1 Å². The predicted octanol–water partition coefficient (Wildman–Crippen LogP) is 3.01. The van der Waals surface area contributed by atoms with E-state index in [-0.39, 0.29) is 23.9 Å². The van der Waals surface area contributed by atoms with Crippen LogP contribution in [-0.4, -0.2) is 46.0 Å². The smallest absolute Gasteiger partial charge is 0.352 e. The molecule has 1 aliphatic carbocycles. The summed E-state index contributed by atoms with van der Waals surface area (Å²) >= 11 is 0.